The number of carbonyl (C=O) groups is 2. The molecule has 4 atom stereocenters. The van der Waals surface area contributed by atoms with Gasteiger partial charge in [0.05, 0.1) is 11.8 Å². The average Bonchev–Trinajstić information content (AvgIpc) is 3.45. The number of rotatable bonds is 8. The highest BCUT2D eigenvalue weighted by atomic mass is 16.2. The van der Waals surface area contributed by atoms with Crippen molar-refractivity contribution in [3.8, 4) is 0 Å². The Morgan fingerprint density at radius 3 is 2.23 bits per heavy atom. The number of imide groups is 1. The molecule has 4 rings (SSSR count). The van der Waals surface area contributed by atoms with Crippen LogP contribution in [0.25, 0.3) is 0 Å². The molecule has 2 amide bonds. The van der Waals surface area contributed by atoms with Crippen LogP contribution in [-0.4, -0.2) is 63.5 Å². The molecule has 7 nitrogen and oxygen atoms in total. The number of carbonyl (C=O) groups excluding carboxylic acids is 2. The third-order valence-electron chi connectivity index (χ3n) is 6.80. The zero-order chi connectivity index (χ0) is 22.0. The average molecular weight is 424 g/mol. The summed E-state index contributed by atoms with van der Waals surface area (Å²) in [6, 6.07) is 8.54. The van der Waals surface area contributed by atoms with E-state index in [1.54, 1.807) is 7.05 Å². The van der Waals surface area contributed by atoms with Crippen LogP contribution in [0.15, 0.2) is 41.4 Å². The Kier molecular flexibility index (Phi) is 6.30. The first-order valence-electron chi connectivity index (χ1n) is 11.2. The lowest BCUT2D eigenvalue weighted by Gasteiger charge is -2.18. The molecule has 0 spiro atoms. The van der Waals surface area contributed by atoms with Crippen molar-refractivity contribution in [3.63, 3.8) is 0 Å². The maximum absolute atomic E-state index is 12.7. The molecule has 31 heavy (non-hydrogen) atoms. The summed E-state index contributed by atoms with van der Waals surface area (Å²) in [6.07, 6.45) is 6.86. The second kappa shape index (κ2) is 9.12. The van der Waals surface area contributed by atoms with Crippen molar-refractivity contribution < 1.29 is 9.59 Å². The molecule has 3 aliphatic rings. The number of anilines is 1. The van der Waals surface area contributed by atoms with E-state index >= 15 is 0 Å². The number of aliphatic imine (C=N–C) groups is 1. The van der Waals surface area contributed by atoms with Gasteiger partial charge in [-0.3, -0.25) is 19.5 Å². The van der Waals surface area contributed by atoms with Crippen LogP contribution in [0.2, 0.25) is 0 Å². The molecule has 2 fully saturated rings. The Morgan fingerprint density at radius 1 is 1.03 bits per heavy atom. The van der Waals surface area contributed by atoms with E-state index in [2.05, 4.69) is 56.9 Å². The van der Waals surface area contributed by atoms with Crippen LogP contribution in [-0.2, 0) is 16.0 Å². The fourth-order valence-electron chi connectivity index (χ4n) is 5.14. The molecule has 0 radical (unpaired) electrons. The summed E-state index contributed by atoms with van der Waals surface area (Å²) >= 11 is 0. The summed E-state index contributed by atoms with van der Waals surface area (Å²) in [6.45, 7) is 1.92. The van der Waals surface area contributed by atoms with Gasteiger partial charge in [0.25, 0.3) is 0 Å². The van der Waals surface area contributed by atoms with Gasteiger partial charge in [0.2, 0.25) is 11.8 Å². The second-order valence-corrected chi connectivity index (χ2v) is 8.92. The number of nitrogens with zero attached hydrogens (tertiary/aromatic N) is 3. The summed E-state index contributed by atoms with van der Waals surface area (Å²) < 4.78 is 0. The van der Waals surface area contributed by atoms with E-state index in [4.69, 9.17) is 0 Å². The molecule has 2 N–H and O–H groups in total. The quantitative estimate of drug-likeness (QED) is 0.219. The van der Waals surface area contributed by atoms with E-state index < -0.39 is 0 Å². The lowest BCUT2D eigenvalue weighted by atomic mass is 9.85. The van der Waals surface area contributed by atoms with Crippen LogP contribution < -0.4 is 15.5 Å². The normalized spacial score (nSPS) is 26.5. The summed E-state index contributed by atoms with van der Waals surface area (Å²) in [5, 5.41) is 6.61. The van der Waals surface area contributed by atoms with E-state index in [1.807, 2.05) is 14.1 Å². The number of likely N-dealkylation sites (tertiary alicyclic amines) is 1. The SMILES string of the molecule is CN=C(NCCCN1C(=O)C2C3C=CC(C3)C2C1=O)NCCc1ccc(N(C)C)cc1. The highest BCUT2D eigenvalue weighted by molar-refractivity contribution is 6.06. The highest BCUT2D eigenvalue weighted by Gasteiger charge is 2.58. The minimum Gasteiger partial charge on any atom is -0.378 e. The standard InChI is InChI=1S/C24H33N5O2/c1-25-24(27-13-11-16-5-9-19(10-6-16)28(2)3)26-12-4-14-29-22(30)20-17-7-8-18(15-17)21(20)23(29)31/h5-10,17-18,20-21H,4,11-15H2,1-3H3,(H2,25,26,27). The fraction of sp³-hybridized carbons (Fsp3) is 0.542. The molecule has 2 aliphatic carbocycles. The van der Waals surface area contributed by atoms with Crippen LogP contribution in [0.3, 0.4) is 0 Å². The zero-order valence-corrected chi connectivity index (χ0v) is 18.7. The summed E-state index contributed by atoms with van der Waals surface area (Å²) in [4.78, 5) is 33.3. The Morgan fingerprint density at radius 2 is 1.65 bits per heavy atom. The van der Waals surface area contributed by atoms with Crippen LogP contribution in [0.1, 0.15) is 18.4 Å². The Hall–Kier alpha value is -2.83. The molecular formula is C24H33N5O2. The molecule has 1 aromatic rings. The fourth-order valence-corrected chi connectivity index (χ4v) is 5.14. The maximum Gasteiger partial charge on any atom is 0.233 e. The van der Waals surface area contributed by atoms with Crippen molar-refractivity contribution in [2.75, 3.05) is 45.7 Å². The Labute approximate surface area is 184 Å². The van der Waals surface area contributed by atoms with Gasteiger partial charge in [-0.05, 0) is 48.8 Å². The van der Waals surface area contributed by atoms with Crippen molar-refractivity contribution in [1.82, 2.24) is 15.5 Å². The van der Waals surface area contributed by atoms with Gasteiger partial charge in [0.1, 0.15) is 0 Å². The molecule has 7 heteroatoms. The topological polar surface area (TPSA) is 77.0 Å². The van der Waals surface area contributed by atoms with Crippen molar-refractivity contribution in [1.29, 1.82) is 0 Å². The highest BCUT2D eigenvalue weighted by Crippen LogP contribution is 2.52. The summed E-state index contributed by atoms with van der Waals surface area (Å²) in [5.74, 6) is 1.16. The second-order valence-electron chi connectivity index (χ2n) is 8.92. The molecule has 1 saturated carbocycles. The van der Waals surface area contributed by atoms with Crippen LogP contribution in [0, 0.1) is 23.7 Å². The van der Waals surface area contributed by atoms with Gasteiger partial charge >= 0.3 is 0 Å². The number of allylic oxidation sites excluding steroid dienone is 2. The van der Waals surface area contributed by atoms with Gasteiger partial charge in [0.15, 0.2) is 5.96 Å². The van der Waals surface area contributed by atoms with Crippen molar-refractivity contribution in [2.24, 2.45) is 28.7 Å². The molecule has 1 aromatic carbocycles. The van der Waals surface area contributed by atoms with Gasteiger partial charge in [-0.1, -0.05) is 24.3 Å². The van der Waals surface area contributed by atoms with E-state index in [0.717, 1.165) is 25.3 Å². The monoisotopic (exact) mass is 423 g/mol. The maximum atomic E-state index is 12.7. The van der Waals surface area contributed by atoms with Gasteiger partial charge in [-0.2, -0.15) is 0 Å². The summed E-state index contributed by atoms with van der Waals surface area (Å²) in [7, 11) is 5.82. The summed E-state index contributed by atoms with van der Waals surface area (Å²) in [5.41, 5.74) is 2.46. The van der Waals surface area contributed by atoms with Gasteiger partial charge in [-0.15, -0.1) is 0 Å². The number of guanidine groups is 1. The molecular weight excluding hydrogens is 390 g/mol. The number of nitrogens with one attached hydrogen (secondary N) is 2. The van der Waals surface area contributed by atoms with Crippen molar-refractivity contribution in [2.45, 2.75) is 19.3 Å². The molecule has 166 valence electrons. The van der Waals surface area contributed by atoms with Gasteiger partial charge in [0, 0.05) is 46.5 Å². The van der Waals surface area contributed by atoms with Crippen LogP contribution >= 0.6 is 0 Å². The van der Waals surface area contributed by atoms with Gasteiger partial charge in [-0.25, -0.2) is 0 Å². The lowest BCUT2D eigenvalue weighted by Crippen LogP contribution is -2.40. The number of hydrogen-bond acceptors (Lipinski definition) is 4. The molecule has 1 heterocycles. The first kappa shape index (κ1) is 21.4. The Bertz CT molecular complexity index is 846. The van der Waals surface area contributed by atoms with Crippen molar-refractivity contribution >= 4 is 23.5 Å². The number of amides is 2. The number of fused-ring (bicyclic) bond motifs is 5. The number of benzene rings is 1. The van der Waals surface area contributed by atoms with E-state index in [-0.39, 0.29) is 35.5 Å². The predicted octanol–water partition coefficient (Wildman–Crippen LogP) is 1.66. The van der Waals surface area contributed by atoms with Crippen LogP contribution in [0.5, 0.6) is 0 Å². The van der Waals surface area contributed by atoms with E-state index in [1.165, 1.54) is 16.2 Å². The lowest BCUT2D eigenvalue weighted by molar-refractivity contribution is -0.140. The van der Waals surface area contributed by atoms with Crippen LogP contribution in [0.4, 0.5) is 5.69 Å². The van der Waals surface area contributed by atoms with E-state index in [9.17, 15) is 9.59 Å². The van der Waals surface area contributed by atoms with Crippen molar-refractivity contribution in [3.05, 3.63) is 42.0 Å². The minimum atomic E-state index is -0.100. The first-order valence-corrected chi connectivity index (χ1v) is 11.2. The van der Waals surface area contributed by atoms with Gasteiger partial charge < -0.3 is 15.5 Å². The minimum absolute atomic E-state index is 0.0367. The predicted molar refractivity (Wildman–Crippen MR) is 123 cm³/mol. The largest absolute Gasteiger partial charge is 0.378 e. The third-order valence-corrected chi connectivity index (χ3v) is 6.80. The zero-order valence-electron chi connectivity index (χ0n) is 18.7. The molecule has 2 bridgehead atoms. The Balaban J connectivity index is 1.16. The molecule has 4 unspecified atom stereocenters. The molecule has 0 aromatic heterocycles. The number of hydrogen-bond donors (Lipinski definition) is 2. The molecule has 1 saturated heterocycles. The first-order chi connectivity index (χ1) is 15.0. The smallest absolute Gasteiger partial charge is 0.233 e. The van der Waals surface area contributed by atoms with E-state index in [0.29, 0.717) is 19.5 Å². The molecule has 1 aliphatic heterocycles. The third kappa shape index (κ3) is 4.31.